The van der Waals surface area contributed by atoms with Gasteiger partial charge in [0, 0.05) is 12.3 Å². The maximum Gasteiger partial charge on any atom is 0.408 e. The highest BCUT2D eigenvalue weighted by molar-refractivity contribution is 7.99. The monoisotopic (exact) mass is 544 g/mol. The number of halogens is 3. The number of aromatic nitrogens is 2. The lowest BCUT2D eigenvalue weighted by Gasteiger charge is -2.41. The van der Waals surface area contributed by atoms with Gasteiger partial charge in [-0.3, -0.25) is 4.79 Å². The van der Waals surface area contributed by atoms with Crippen molar-refractivity contribution in [1.82, 2.24) is 20.9 Å². The van der Waals surface area contributed by atoms with Crippen LogP contribution in [0.15, 0.2) is 32.8 Å². The van der Waals surface area contributed by atoms with Crippen LogP contribution in [0, 0.1) is 5.82 Å². The summed E-state index contributed by atoms with van der Waals surface area (Å²) in [6.07, 6.45) is -3.63. The maximum atomic E-state index is 13.5. The van der Waals surface area contributed by atoms with E-state index in [0.29, 0.717) is 5.75 Å². The molecule has 0 saturated carbocycles. The van der Waals surface area contributed by atoms with Crippen molar-refractivity contribution < 1.29 is 36.9 Å². The molecular formula is C22H27F3N6O5S. The third-order valence-electron chi connectivity index (χ3n) is 4.85. The van der Waals surface area contributed by atoms with Gasteiger partial charge in [-0.1, -0.05) is 11.8 Å². The number of amidine groups is 1. The number of carbonyl (C=O) groups excluding carboxylic acids is 2. The highest BCUT2D eigenvalue weighted by Crippen LogP contribution is 2.27. The fourth-order valence-corrected chi connectivity index (χ4v) is 3.95. The first-order valence-corrected chi connectivity index (χ1v) is 12.1. The number of thioether (sulfide) groups is 1. The Balaban J connectivity index is 1.50. The van der Waals surface area contributed by atoms with Gasteiger partial charge in [0.2, 0.25) is 5.91 Å². The van der Waals surface area contributed by atoms with Crippen molar-refractivity contribution in [3.8, 4) is 0 Å². The topological polar surface area (TPSA) is 154 Å². The second-order valence-electron chi connectivity index (χ2n) is 9.20. The molecule has 37 heavy (non-hydrogen) atoms. The van der Waals surface area contributed by atoms with Crippen LogP contribution >= 0.6 is 11.8 Å². The third kappa shape index (κ3) is 8.08. The fourth-order valence-electron chi connectivity index (χ4n) is 3.19. The molecule has 2 amide bonds. The molecule has 1 aliphatic rings. The smallest absolute Gasteiger partial charge is 0.408 e. The van der Waals surface area contributed by atoms with Gasteiger partial charge in [-0.25, -0.2) is 27.6 Å². The van der Waals surface area contributed by atoms with E-state index in [1.807, 2.05) is 0 Å². The number of amides is 2. The second-order valence-corrected chi connectivity index (χ2v) is 10.3. The van der Waals surface area contributed by atoms with Gasteiger partial charge < -0.3 is 25.8 Å². The number of ether oxygens (including phenoxy) is 2. The Labute approximate surface area is 214 Å². The molecule has 0 spiro atoms. The minimum atomic E-state index is -3.01. The Morgan fingerprint density at radius 1 is 1.30 bits per heavy atom. The molecule has 1 aromatic heterocycles. The summed E-state index contributed by atoms with van der Waals surface area (Å²) in [4.78, 5) is 28.5. The SMILES string of the molecule is CC(C)(C)OC(=O)NC1(CC(=O)NCCSc2nonc2C(N)=Nc2ccc(F)c(C(F)F)c2)COC1. The molecule has 0 unspecified atom stereocenters. The van der Waals surface area contributed by atoms with Gasteiger partial charge in [-0.15, -0.1) is 0 Å². The maximum absolute atomic E-state index is 13.5. The van der Waals surface area contributed by atoms with Crippen molar-refractivity contribution in [2.24, 2.45) is 10.7 Å². The molecule has 2 aromatic rings. The Hall–Kier alpha value is -3.33. The van der Waals surface area contributed by atoms with Crippen molar-refractivity contribution in [1.29, 1.82) is 0 Å². The molecule has 1 saturated heterocycles. The molecule has 2 heterocycles. The van der Waals surface area contributed by atoms with E-state index in [1.165, 1.54) is 6.07 Å². The predicted octanol–water partition coefficient (Wildman–Crippen LogP) is 3.08. The lowest BCUT2D eigenvalue weighted by molar-refractivity contribution is -0.130. The first-order chi connectivity index (χ1) is 17.4. The lowest BCUT2D eigenvalue weighted by Crippen LogP contribution is -2.64. The quantitative estimate of drug-likeness (QED) is 0.177. The number of alkyl carbamates (subject to hydrolysis) is 1. The van der Waals surface area contributed by atoms with Gasteiger partial charge >= 0.3 is 6.09 Å². The first kappa shape index (κ1) is 28.2. The van der Waals surface area contributed by atoms with Crippen LogP contribution in [0.1, 0.15) is 44.9 Å². The molecule has 11 nitrogen and oxygen atoms in total. The fraction of sp³-hybridized carbons (Fsp3) is 0.500. The van der Waals surface area contributed by atoms with E-state index in [-0.39, 0.29) is 54.3 Å². The summed E-state index contributed by atoms with van der Waals surface area (Å²) < 4.78 is 54.5. The first-order valence-electron chi connectivity index (χ1n) is 11.1. The second kappa shape index (κ2) is 11.8. The minimum Gasteiger partial charge on any atom is -0.444 e. The van der Waals surface area contributed by atoms with Gasteiger partial charge in [0.15, 0.2) is 16.6 Å². The van der Waals surface area contributed by atoms with Gasteiger partial charge in [-0.2, -0.15) is 0 Å². The predicted molar refractivity (Wildman–Crippen MR) is 127 cm³/mol. The molecule has 3 rings (SSSR count). The summed E-state index contributed by atoms with van der Waals surface area (Å²) >= 11 is 1.16. The number of nitrogens with one attached hydrogen (secondary N) is 2. The lowest BCUT2D eigenvalue weighted by atomic mass is 9.93. The Morgan fingerprint density at radius 3 is 2.65 bits per heavy atom. The van der Waals surface area contributed by atoms with Crippen LogP contribution in [0.25, 0.3) is 0 Å². The van der Waals surface area contributed by atoms with E-state index in [9.17, 15) is 22.8 Å². The number of aliphatic imine (C=N–C) groups is 1. The normalized spacial score (nSPS) is 15.3. The summed E-state index contributed by atoms with van der Waals surface area (Å²) in [6.45, 7) is 5.83. The highest BCUT2D eigenvalue weighted by Gasteiger charge is 2.43. The summed E-state index contributed by atoms with van der Waals surface area (Å²) in [5.41, 5.74) is 3.70. The van der Waals surface area contributed by atoms with Crippen LogP contribution in [0.2, 0.25) is 0 Å². The van der Waals surface area contributed by atoms with Crippen LogP contribution < -0.4 is 16.4 Å². The van der Waals surface area contributed by atoms with Crippen molar-refractivity contribution in [3.05, 3.63) is 35.3 Å². The number of alkyl halides is 2. The molecule has 0 bridgehead atoms. The van der Waals surface area contributed by atoms with Crippen LogP contribution in [0.4, 0.5) is 23.7 Å². The molecular weight excluding hydrogens is 517 g/mol. The molecule has 0 aliphatic carbocycles. The van der Waals surface area contributed by atoms with Crippen LogP contribution in [0.5, 0.6) is 0 Å². The number of rotatable bonds is 10. The largest absolute Gasteiger partial charge is 0.444 e. The van der Waals surface area contributed by atoms with E-state index in [0.717, 1.165) is 23.9 Å². The van der Waals surface area contributed by atoms with E-state index in [2.05, 4.69) is 25.9 Å². The van der Waals surface area contributed by atoms with Crippen molar-refractivity contribution in [2.75, 3.05) is 25.5 Å². The number of nitrogens with two attached hydrogens (primary N) is 1. The van der Waals surface area contributed by atoms with Gasteiger partial charge in [0.05, 0.1) is 36.4 Å². The number of hydrogen-bond acceptors (Lipinski definition) is 9. The van der Waals surface area contributed by atoms with E-state index in [4.69, 9.17) is 19.8 Å². The Morgan fingerprint density at radius 2 is 2.03 bits per heavy atom. The van der Waals surface area contributed by atoms with Crippen LogP contribution in [0.3, 0.4) is 0 Å². The van der Waals surface area contributed by atoms with E-state index in [1.54, 1.807) is 20.8 Å². The zero-order chi connectivity index (χ0) is 27.2. The minimum absolute atomic E-state index is 0.00551. The number of hydrogen-bond donors (Lipinski definition) is 3. The van der Waals surface area contributed by atoms with Crippen molar-refractivity contribution >= 4 is 35.3 Å². The molecule has 0 atom stereocenters. The number of carbonyl (C=O) groups is 2. The van der Waals surface area contributed by atoms with E-state index < -0.39 is 35.0 Å². The average Bonchev–Trinajstić information content (AvgIpc) is 3.23. The van der Waals surface area contributed by atoms with Crippen molar-refractivity contribution in [2.45, 2.75) is 49.8 Å². The highest BCUT2D eigenvalue weighted by atomic mass is 32.2. The van der Waals surface area contributed by atoms with Crippen LogP contribution in [-0.2, 0) is 14.3 Å². The number of nitrogens with zero attached hydrogens (tertiary/aromatic N) is 3. The molecule has 4 N–H and O–H groups in total. The molecule has 0 radical (unpaired) electrons. The molecule has 1 fully saturated rings. The Bertz CT molecular complexity index is 1150. The molecule has 1 aliphatic heterocycles. The third-order valence-corrected chi connectivity index (χ3v) is 5.80. The molecule has 202 valence electrons. The van der Waals surface area contributed by atoms with Crippen LogP contribution in [-0.4, -0.2) is 64.8 Å². The van der Waals surface area contributed by atoms with Crippen molar-refractivity contribution in [3.63, 3.8) is 0 Å². The summed E-state index contributed by atoms with van der Waals surface area (Å²) in [5.74, 6) is -1.16. The average molecular weight is 545 g/mol. The van der Waals surface area contributed by atoms with E-state index >= 15 is 0 Å². The zero-order valence-corrected chi connectivity index (χ0v) is 21.2. The van der Waals surface area contributed by atoms with Gasteiger partial charge in [-0.05, 0) is 49.3 Å². The molecule has 15 heteroatoms. The standard InChI is InChI=1S/C22H27F3N6O5S/c1-21(2,3)35-20(33)29-22(10-34-11-22)9-15(32)27-6-7-37-19-16(30-36-31-19)18(26)28-12-4-5-14(23)13(8-12)17(24)25/h4-5,8,17H,6-7,9-11H2,1-3H3,(H2,26,28)(H,27,32)(H,29,33). The van der Waals surface area contributed by atoms with Gasteiger partial charge in [0.1, 0.15) is 11.4 Å². The summed E-state index contributed by atoms with van der Waals surface area (Å²) in [5, 5.41) is 13.2. The van der Waals surface area contributed by atoms with Gasteiger partial charge in [0.25, 0.3) is 6.43 Å². The zero-order valence-electron chi connectivity index (χ0n) is 20.3. The summed E-state index contributed by atoms with van der Waals surface area (Å²) in [7, 11) is 0. The summed E-state index contributed by atoms with van der Waals surface area (Å²) in [6, 6.07) is 2.96. The number of benzene rings is 1. The Kier molecular flexibility index (Phi) is 9.02. The molecule has 1 aromatic carbocycles.